The van der Waals surface area contributed by atoms with Crippen LogP contribution in [0.4, 0.5) is 0 Å². The first-order valence-electron chi connectivity index (χ1n) is 10.2. The van der Waals surface area contributed by atoms with Crippen LogP contribution in [0.15, 0.2) is 77.5 Å². The summed E-state index contributed by atoms with van der Waals surface area (Å²) >= 11 is 0. The Hall–Kier alpha value is -4.33. The molecular formula is C25H18N2O6. The summed E-state index contributed by atoms with van der Waals surface area (Å²) in [4.78, 5) is 58.6. The minimum atomic E-state index is -1.21. The van der Waals surface area contributed by atoms with E-state index >= 15 is 0 Å². The fourth-order valence-corrected chi connectivity index (χ4v) is 4.65. The summed E-state index contributed by atoms with van der Waals surface area (Å²) in [6, 6.07) is 9.73. The van der Waals surface area contributed by atoms with Crippen LogP contribution in [0.3, 0.4) is 0 Å². The Morgan fingerprint density at radius 3 is 2.33 bits per heavy atom. The van der Waals surface area contributed by atoms with Gasteiger partial charge in [-0.15, -0.1) is 0 Å². The van der Waals surface area contributed by atoms with Gasteiger partial charge in [-0.25, -0.2) is 9.59 Å². The van der Waals surface area contributed by atoms with Gasteiger partial charge in [0.25, 0.3) is 0 Å². The molecule has 5 rings (SSSR count). The van der Waals surface area contributed by atoms with Crippen molar-refractivity contribution in [3.05, 3.63) is 94.4 Å². The van der Waals surface area contributed by atoms with E-state index in [1.165, 1.54) is 14.2 Å². The van der Waals surface area contributed by atoms with E-state index in [-0.39, 0.29) is 16.9 Å². The zero-order valence-electron chi connectivity index (χ0n) is 17.8. The number of methoxy groups -OCH3 is 2. The number of nitrogens with zero attached hydrogens (tertiary/aromatic N) is 2. The number of fused-ring (bicyclic) bond motifs is 4. The van der Waals surface area contributed by atoms with Crippen LogP contribution in [0.5, 0.6) is 0 Å². The van der Waals surface area contributed by atoms with Crippen molar-refractivity contribution in [1.29, 1.82) is 0 Å². The van der Waals surface area contributed by atoms with Crippen LogP contribution in [0, 0.1) is 0 Å². The Kier molecular flexibility index (Phi) is 4.78. The molecule has 0 spiro atoms. The molecule has 8 heteroatoms. The molecule has 0 bridgehead atoms. The average Bonchev–Trinajstić information content (AvgIpc) is 3.36. The highest BCUT2D eigenvalue weighted by Gasteiger charge is 2.53. The standard InChI is InChI=1S/C25H18N2O6/c1-32-24(30)17-16-11-10-15-20(19-14(23(15)29)9-6-12-26-19)27(16)21(18(17)25(31)33-2)22(28)13-7-4-3-5-8-13/h3-12,16,21H,1-2H3. The summed E-state index contributed by atoms with van der Waals surface area (Å²) in [5.74, 6) is -2.23. The van der Waals surface area contributed by atoms with Crippen LogP contribution in [0.1, 0.15) is 26.4 Å². The van der Waals surface area contributed by atoms with Crippen molar-refractivity contribution in [2.24, 2.45) is 0 Å². The molecule has 0 N–H and O–H groups in total. The van der Waals surface area contributed by atoms with Crippen LogP contribution in [-0.4, -0.2) is 59.7 Å². The number of carbonyl (C=O) groups is 4. The van der Waals surface area contributed by atoms with Gasteiger partial charge >= 0.3 is 11.9 Å². The lowest BCUT2D eigenvalue weighted by Crippen LogP contribution is -2.44. The molecule has 33 heavy (non-hydrogen) atoms. The number of benzene rings is 1. The third kappa shape index (κ3) is 2.87. The quantitative estimate of drug-likeness (QED) is 0.524. The molecule has 0 saturated heterocycles. The van der Waals surface area contributed by atoms with Crippen LogP contribution >= 0.6 is 0 Å². The third-order valence-corrected chi connectivity index (χ3v) is 6.03. The zero-order chi connectivity index (χ0) is 23.3. The van der Waals surface area contributed by atoms with Crippen molar-refractivity contribution in [3.63, 3.8) is 0 Å². The van der Waals surface area contributed by atoms with E-state index in [9.17, 15) is 19.2 Å². The summed E-state index contributed by atoms with van der Waals surface area (Å²) in [6.45, 7) is 0. The SMILES string of the molecule is COC(=O)C1=C(C(=O)OC)C(C(=O)c2ccccc2)N2C3=C(C=CC12)C(=O)c1cccnc13. The minimum Gasteiger partial charge on any atom is -0.466 e. The van der Waals surface area contributed by atoms with Crippen molar-refractivity contribution in [3.8, 4) is 0 Å². The summed E-state index contributed by atoms with van der Waals surface area (Å²) < 4.78 is 9.95. The van der Waals surface area contributed by atoms with Gasteiger partial charge in [0.05, 0.1) is 48.4 Å². The van der Waals surface area contributed by atoms with E-state index in [2.05, 4.69) is 4.98 Å². The summed E-state index contributed by atoms with van der Waals surface area (Å²) in [7, 11) is 2.39. The number of rotatable bonds is 4. The Labute approximate surface area is 188 Å². The number of ether oxygens (including phenoxy) is 2. The van der Waals surface area contributed by atoms with E-state index in [0.717, 1.165) is 0 Å². The average molecular weight is 442 g/mol. The van der Waals surface area contributed by atoms with Crippen LogP contribution in [-0.2, 0) is 19.1 Å². The van der Waals surface area contributed by atoms with Crippen LogP contribution in [0.25, 0.3) is 5.70 Å². The Morgan fingerprint density at radius 1 is 0.939 bits per heavy atom. The lowest BCUT2D eigenvalue weighted by molar-refractivity contribution is -0.139. The minimum absolute atomic E-state index is 0.00161. The molecule has 2 aliphatic heterocycles. The van der Waals surface area contributed by atoms with Crippen LogP contribution in [0.2, 0.25) is 0 Å². The second kappa shape index (κ2) is 7.67. The van der Waals surface area contributed by atoms with Gasteiger partial charge in [0, 0.05) is 17.3 Å². The highest BCUT2D eigenvalue weighted by atomic mass is 16.5. The Morgan fingerprint density at radius 2 is 1.64 bits per heavy atom. The number of Topliss-reactive ketones (excluding diaryl/α,β-unsaturated/α-hetero) is 2. The first-order chi connectivity index (χ1) is 16.0. The van der Waals surface area contributed by atoms with Gasteiger partial charge in [-0.2, -0.15) is 0 Å². The highest BCUT2D eigenvalue weighted by molar-refractivity contribution is 6.23. The van der Waals surface area contributed by atoms with E-state index in [0.29, 0.717) is 28.1 Å². The van der Waals surface area contributed by atoms with Crippen molar-refractivity contribution < 1.29 is 28.7 Å². The Balaban J connectivity index is 1.77. The second-order valence-electron chi connectivity index (χ2n) is 7.65. The number of hydrogen-bond acceptors (Lipinski definition) is 8. The summed E-state index contributed by atoms with van der Waals surface area (Å²) in [6.07, 6.45) is 4.78. The number of esters is 2. The molecule has 8 nitrogen and oxygen atoms in total. The normalized spacial score (nSPS) is 20.4. The first-order valence-corrected chi connectivity index (χ1v) is 10.2. The van der Waals surface area contributed by atoms with E-state index in [1.807, 2.05) is 0 Å². The highest BCUT2D eigenvalue weighted by Crippen LogP contribution is 2.47. The lowest BCUT2D eigenvalue weighted by Gasteiger charge is -2.35. The van der Waals surface area contributed by atoms with Gasteiger partial charge in [0.2, 0.25) is 0 Å². The molecule has 164 valence electrons. The summed E-state index contributed by atoms with van der Waals surface area (Å²) in [5.41, 5.74) is 1.77. The molecule has 1 aromatic carbocycles. The monoisotopic (exact) mass is 442 g/mol. The van der Waals surface area contributed by atoms with Crippen molar-refractivity contribution >= 4 is 29.2 Å². The van der Waals surface area contributed by atoms with Gasteiger partial charge in [0.15, 0.2) is 11.6 Å². The van der Waals surface area contributed by atoms with E-state index < -0.39 is 29.8 Å². The molecule has 2 unspecified atom stereocenters. The smallest absolute Gasteiger partial charge is 0.336 e. The molecule has 0 radical (unpaired) electrons. The topological polar surface area (TPSA) is 103 Å². The number of ketones is 2. The number of carbonyl (C=O) groups excluding carboxylic acids is 4. The van der Waals surface area contributed by atoms with E-state index in [4.69, 9.17) is 9.47 Å². The molecule has 0 fully saturated rings. The largest absolute Gasteiger partial charge is 0.466 e. The molecule has 3 aliphatic rings. The predicted octanol–water partition coefficient (Wildman–Crippen LogP) is 2.14. The van der Waals surface area contributed by atoms with Gasteiger partial charge < -0.3 is 14.4 Å². The zero-order valence-corrected chi connectivity index (χ0v) is 17.8. The Bertz CT molecular complexity index is 1320. The fraction of sp³-hybridized carbons (Fsp3) is 0.160. The molecule has 0 saturated carbocycles. The molecule has 2 atom stereocenters. The molecular weight excluding hydrogens is 424 g/mol. The molecule has 1 aliphatic carbocycles. The molecule has 0 amide bonds. The molecule has 1 aromatic heterocycles. The van der Waals surface area contributed by atoms with Crippen molar-refractivity contribution in [2.75, 3.05) is 14.2 Å². The number of allylic oxidation sites excluding steroid dienone is 2. The summed E-state index contributed by atoms with van der Waals surface area (Å²) in [5, 5.41) is 0. The maximum absolute atomic E-state index is 13.8. The van der Waals surface area contributed by atoms with Gasteiger partial charge in [0.1, 0.15) is 6.04 Å². The van der Waals surface area contributed by atoms with Gasteiger partial charge in [-0.3, -0.25) is 14.6 Å². The maximum atomic E-state index is 13.8. The van der Waals surface area contributed by atoms with E-state index in [1.54, 1.807) is 65.7 Å². The number of pyridine rings is 1. The fourth-order valence-electron chi connectivity index (χ4n) is 4.65. The first kappa shape index (κ1) is 20.6. The van der Waals surface area contributed by atoms with Crippen molar-refractivity contribution in [1.82, 2.24) is 9.88 Å². The van der Waals surface area contributed by atoms with Crippen molar-refractivity contribution in [2.45, 2.75) is 12.1 Å². The lowest BCUT2D eigenvalue weighted by atomic mass is 9.95. The maximum Gasteiger partial charge on any atom is 0.336 e. The molecule has 2 aromatic rings. The van der Waals surface area contributed by atoms with Gasteiger partial charge in [-0.05, 0) is 12.1 Å². The van der Waals surface area contributed by atoms with Crippen LogP contribution < -0.4 is 0 Å². The second-order valence-corrected chi connectivity index (χ2v) is 7.65. The molecule has 3 heterocycles. The predicted molar refractivity (Wildman–Crippen MR) is 116 cm³/mol. The third-order valence-electron chi connectivity index (χ3n) is 6.03. The number of aromatic nitrogens is 1. The number of hydrogen-bond donors (Lipinski definition) is 0. The van der Waals surface area contributed by atoms with Gasteiger partial charge in [-0.1, -0.05) is 42.5 Å².